The summed E-state index contributed by atoms with van der Waals surface area (Å²) in [5, 5.41) is 15.2. The number of piperazine rings is 1. The van der Waals surface area contributed by atoms with Gasteiger partial charge in [0.1, 0.15) is 11.6 Å². The second kappa shape index (κ2) is 12.0. The summed E-state index contributed by atoms with van der Waals surface area (Å²) in [6.07, 6.45) is 0.249. The third-order valence-electron chi connectivity index (χ3n) is 7.31. The zero-order chi connectivity index (χ0) is 30.0. The molecule has 3 aromatic rings. The van der Waals surface area contributed by atoms with Gasteiger partial charge in [-0.2, -0.15) is 9.40 Å². The number of halogens is 2. The number of hydrogen-bond acceptors (Lipinski definition) is 7. The molecule has 0 aliphatic carbocycles. The molecule has 224 valence electrons. The van der Waals surface area contributed by atoms with Crippen LogP contribution in [0.1, 0.15) is 28.5 Å². The van der Waals surface area contributed by atoms with Gasteiger partial charge in [-0.1, -0.05) is 0 Å². The molecule has 0 unspecified atom stereocenters. The zero-order valence-electron chi connectivity index (χ0n) is 23.2. The van der Waals surface area contributed by atoms with Crippen LogP contribution in [-0.4, -0.2) is 86.1 Å². The number of amides is 3. The summed E-state index contributed by atoms with van der Waals surface area (Å²) in [5.74, 6) is -2.45. The summed E-state index contributed by atoms with van der Waals surface area (Å²) in [4.78, 5) is 29.8. The highest BCUT2D eigenvalue weighted by atomic mass is 32.2. The standard InChI is InChI=1S/C27H32F2N8O4S/c1-3-30-27(39)31-24-15-19(36-10-8-35(2)9-11-36)4-5-21(24)26(38)32-25-22-16-37(7-6-23(22)33-34-25)42(40,41)20-13-17(28)12-18(29)14-20/h4-5,12-15H,3,6-11,16H2,1-2H3,(H2,30,31,39)(H2,32,33,34,38). The molecule has 2 aromatic carbocycles. The Bertz CT molecular complexity index is 1590. The van der Waals surface area contributed by atoms with E-state index in [1.54, 1.807) is 19.1 Å². The molecule has 3 heterocycles. The van der Waals surface area contributed by atoms with Gasteiger partial charge in [0.05, 0.1) is 16.1 Å². The number of nitrogens with zero attached hydrogens (tertiary/aromatic N) is 4. The maximum Gasteiger partial charge on any atom is 0.319 e. The lowest BCUT2D eigenvalue weighted by molar-refractivity contribution is 0.102. The van der Waals surface area contributed by atoms with Gasteiger partial charge in [0.25, 0.3) is 5.91 Å². The molecule has 3 amide bonds. The number of urea groups is 1. The molecule has 12 nitrogen and oxygen atoms in total. The second-order valence-corrected chi connectivity index (χ2v) is 12.1. The number of carbonyl (C=O) groups is 2. The predicted molar refractivity (Wildman–Crippen MR) is 153 cm³/mol. The first-order valence-electron chi connectivity index (χ1n) is 13.5. The molecule has 2 aliphatic rings. The van der Waals surface area contributed by atoms with E-state index < -0.39 is 38.5 Å². The Morgan fingerprint density at radius 2 is 1.71 bits per heavy atom. The third kappa shape index (κ3) is 6.22. The van der Waals surface area contributed by atoms with Gasteiger partial charge in [-0.25, -0.2) is 22.0 Å². The predicted octanol–water partition coefficient (Wildman–Crippen LogP) is 2.58. The number of benzene rings is 2. The van der Waals surface area contributed by atoms with E-state index in [0.717, 1.165) is 48.3 Å². The Morgan fingerprint density at radius 1 is 1.00 bits per heavy atom. The van der Waals surface area contributed by atoms with Crippen molar-refractivity contribution in [2.75, 3.05) is 61.8 Å². The molecule has 1 saturated heterocycles. The Balaban J connectivity index is 1.38. The minimum Gasteiger partial charge on any atom is -0.369 e. The van der Waals surface area contributed by atoms with E-state index in [4.69, 9.17) is 0 Å². The van der Waals surface area contributed by atoms with Crippen molar-refractivity contribution in [3.63, 3.8) is 0 Å². The molecule has 1 aromatic heterocycles. The van der Waals surface area contributed by atoms with Gasteiger partial charge in [-0.15, -0.1) is 0 Å². The van der Waals surface area contributed by atoms with Crippen LogP contribution in [-0.2, 0) is 23.0 Å². The SMILES string of the molecule is CCNC(=O)Nc1cc(N2CCN(C)CC2)ccc1C(=O)Nc1n[nH]c2c1CN(S(=O)(=O)c1cc(F)cc(F)c1)CC2. The topological polar surface area (TPSA) is 143 Å². The molecule has 0 spiro atoms. The lowest BCUT2D eigenvalue weighted by Gasteiger charge is -2.34. The van der Waals surface area contributed by atoms with Crippen molar-refractivity contribution in [3.05, 3.63) is 64.9 Å². The van der Waals surface area contributed by atoms with Crippen molar-refractivity contribution in [2.45, 2.75) is 24.8 Å². The van der Waals surface area contributed by atoms with Gasteiger partial charge >= 0.3 is 6.03 Å². The number of hydrogen-bond donors (Lipinski definition) is 4. The van der Waals surface area contributed by atoms with Gasteiger partial charge in [0.2, 0.25) is 10.0 Å². The quantitative estimate of drug-likeness (QED) is 0.326. The summed E-state index contributed by atoms with van der Waals surface area (Å²) >= 11 is 0. The lowest BCUT2D eigenvalue weighted by Crippen LogP contribution is -2.44. The van der Waals surface area contributed by atoms with Crippen LogP contribution in [0.2, 0.25) is 0 Å². The average Bonchev–Trinajstić information content (AvgIpc) is 3.34. The number of H-pyrrole nitrogens is 1. The Labute approximate surface area is 242 Å². The van der Waals surface area contributed by atoms with Crippen molar-refractivity contribution in [1.29, 1.82) is 0 Å². The molecular weight excluding hydrogens is 570 g/mol. The minimum atomic E-state index is -4.23. The van der Waals surface area contributed by atoms with Gasteiger partial charge in [0, 0.05) is 75.2 Å². The second-order valence-electron chi connectivity index (χ2n) is 10.2. The Hall–Kier alpha value is -4.08. The van der Waals surface area contributed by atoms with E-state index in [9.17, 15) is 26.8 Å². The number of sulfonamides is 1. The maximum atomic E-state index is 13.8. The number of rotatable bonds is 7. The number of aromatic nitrogens is 2. The number of likely N-dealkylation sites (N-methyl/N-ethyl adjacent to an activating group) is 1. The van der Waals surface area contributed by atoms with Crippen molar-refractivity contribution < 1.29 is 26.8 Å². The van der Waals surface area contributed by atoms with Gasteiger partial charge in [-0.3, -0.25) is 9.89 Å². The summed E-state index contributed by atoms with van der Waals surface area (Å²) < 4.78 is 55.0. The highest BCUT2D eigenvalue weighted by Crippen LogP contribution is 2.30. The van der Waals surface area contributed by atoms with E-state index in [-0.39, 0.29) is 30.9 Å². The summed E-state index contributed by atoms with van der Waals surface area (Å²) in [6.45, 7) is 5.41. The molecule has 1 fully saturated rings. The number of nitrogens with one attached hydrogen (secondary N) is 4. The first-order chi connectivity index (χ1) is 20.0. The van der Waals surface area contributed by atoms with Crippen LogP contribution < -0.4 is 20.9 Å². The number of fused-ring (bicyclic) bond motifs is 1. The van der Waals surface area contributed by atoms with Crippen LogP contribution in [0.4, 0.5) is 30.8 Å². The highest BCUT2D eigenvalue weighted by Gasteiger charge is 2.32. The molecule has 0 radical (unpaired) electrons. The zero-order valence-corrected chi connectivity index (χ0v) is 24.0. The molecule has 5 rings (SSSR count). The van der Waals surface area contributed by atoms with Crippen LogP contribution in [0.25, 0.3) is 0 Å². The van der Waals surface area contributed by atoms with Crippen molar-refractivity contribution in [1.82, 2.24) is 24.7 Å². The van der Waals surface area contributed by atoms with Gasteiger partial charge < -0.3 is 25.8 Å². The molecule has 0 atom stereocenters. The van der Waals surface area contributed by atoms with Gasteiger partial charge in [0.15, 0.2) is 5.82 Å². The van der Waals surface area contributed by atoms with Crippen LogP contribution in [0.3, 0.4) is 0 Å². The van der Waals surface area contributed by atoms with E-state index in [1.165, 1.54) is 0 Å². The third-order valence-corrected chi connectivity index (χ3v) is 9.13. The smallest absolute Gasteiger partial charge is 0.319 e. The highest BCUT2D eigenvalue weighted by molar-refractivity contribution is 7.89. The monoisotopic (exact) mass is 602 g/mol. The largest absolute Gasteiger partial charge is 0.369 e. The first kappa shape index (κ1) is 29.4. The van der Waals surface area contributed by atoms with Crippen molar-refractivity contribution >= 4 is 39.2 Å². The first-order valence-corrected chi connectivity index (χ1v) is 14.9. The number of aromatic amines is 1. The Kier molecular flexibility index (Phi) is 8.43. The summed E-state index contributed by atoms with van der Waals surface area (Å²) in [5.41, 5.74) is 2.41. The van der Waals surface area contributed by atoms with Crippen LogP contribution in [0.5, 0.6) is 0 Å². The lowest BCUT2D eigenvalue weighted by atomic mass is 10.1. The average molecular weight is 603 g/mol. The van der Waals surface area contributed by atoms with Crippen LogP contribution in [0, 0.1) is 11.6 Å². The number of anilines is 3. The van der Waals surface area contributed by atoms with Crippen LogP contribution in [0.15, 0.2) is 41.3 Å². The van der Waals surface area contributed by atoms with E-state index in [2.05, 4.69) is 43.0 Å². The van der Waals surface area contributed by atoms with Crippen LogP contribution >= 0.6 is 0 Å². The van der Waals surface area contributed by atoms with E-state index in [0.29, 0.717) is 29.6 Å². The van der Waals surface area contributed by atoms with Gasteiger partial charge in [-0.05, 0) is 44.3 Å². The molecule has 42 heavy (non-hydrogen) atoms. The molecule has 15 heteroatoms. The van der Waals surface area contributed by atoms with E-state index in [1.807, 2.05) is 6.07 Å². The Morgan fingerprint density at radius 3 is 2.40 bits per heavy atom. The molecule has 2 aliphatic heterocycles. The number of carbonyl (C=O) groups excluding carboxylic acids is 2. The summed E-state index contributed by atoms with van der Waals surface area (Å²) in [7, 11) is -2.18. The maximum absolute atomic E-state index is 13.8. The fraction of sp³-hybridized carbons (Fsp3) is 0.370. The molecule has 4 N–H and O–H groups in total. The summed E-state index contributed by atoms with van der Waals surface area (Å²) in [6, 6.07) is 6.86. The molecule has 0 saturated carbocycles. The van der Waals surface area contributed by atoms with Crippen molar-refractivity contribution in [2.24, 2.45) is 0 Å². The molecule has 0 bridgehead atoms. The fourth-order valence-electron chi connectivity index (χ4n) is 5.00. The fourth-order valence-corrected chi connectivity index (χ4v) is 6.45. The normalized spacial score (nSPS) is 16.1. The van der Waals surface area contributed by atoms with E-state index >= 15 is 0 Å². The van der Waals surface area contributed by atoms with Crippen molar-refractivity contribution in [3.8, 4) is 0 Å². The minimum absolute atomic E-state index is 0.0530. The molecular formula is C27H32F2N8O4S.